The lowest BCUT2D eigenvalue weighted by Crippen LogP contribution is -2.05. The van der Waals surface area contributed by atoms with Gasteiger partial charge in [-0.25, -0.2) is 9.97 Å². The molecule has 0 unspecified atom stereocenters. The minimum Gasteiger partial charge on any atom is -0.491 e. The van der Waals surface area contributed by atoms with Gasteiger partial charge in [0.2, 0.25) is 5.95 Å². The summed E-state index contributed by atoms with van der Waals surface area (Å²) in [6.45, 7) is 4.00. The first-order valence-electron chi connectivity index (χ1n) is 6.11. The molecule has 0 saturated carbocycles. The van der Waals surface area contributed by atoms with Crippen molar-refractivity contribution >= 4 is 27.9 Å². The first kappa shape index (κ1) is 11.6. The van der Waals surface area contributed by atoms with Gasteiger partial charge in [-0.1, -0.05) is 0 Å². The largest absolute Gasteiger partial charge is 0.491 e. The zero-order valence-electron chi connectivity index (χ0n) is 10.8. The molecule has 2 heterocycles. The third-order valence-electron chi connectivity index (χ3n) is 2.72. The molecule has 0 atom stereocenters. The molecule has 1 aromatic carbocycles. The van der Waals surface area contributed by atoms with Crippen molar-refractivity contribution in [1.29, 1.82) is 0 Å². The van der Waals surface area contributed by atoms with Crippen LogP contribution in [0.3, 0.4) is 0 Å². The topological polar surface area (TPSA) is 73.9 Å². The molecule has 0 aliphatic carbocycles. The van der Waals surface area contributed by atoms with E-state index in [4.69, 9.17) is 10.5 Å². The van der Waals surface area contributed by atoms with Crippen LogP contribution in [0, 0.1) is 0 Å². The van der Waals surface area contributed by atoms with Crippen LogP contribution in [0.2, 0.25) is 0 Å². The summed E-state index contributed by atoms with van der Waals surface area (Å²) in [5.41, 5.74) is 7.04. The van der Waals surface area contributed by atoms with E-state index in [0.717, 1.165) is 22.0 Å². The number of rotatable bonds is 2. The van der Waals surface area contributed by atoms with Crippen molar-refractivity contribution < 1.29 is 4.74 Å². The number of hydrogen-bond donors (Lipinski definition) is 1. The fraction of sp³-hybridized carbons (Fsp3) is 0.214. The Kier molecular flexibility index (Phi) is 2.67. The summed E-state index contributed by atoms with van der Waals surface area (Å²) in [5, 5.41) is 1.86. The molecule has 3 rings (SSSR count). The maximum Gasteiger partial charge on any atom is 0.222 e. The molecule has 96 valence electrons. The molecule has 0 radical (unpaired) electrons. The first-order chi connectivity index (χ1) is 9.11. The second kappa shape index (κ2) is 4.35. The Morgan fingerprint density at radius 3 is 2.74 bits per heavy atom. The van der Waals surface area contributed by atoms with E-state index in [0.29, 0.717) is 5.65 Å². The molecule has 2 N–H and O–H groups in total. The number of nitrogen functional groups attached to an aromatic ring is 1. The predicted molar refractivity (Wildman–Crippen MR) is 75.0 cm³/mol. The van der Waals surface area contributed by atoms with Crippen molar-refractivity contribution in [1.82, 2.24) is 15.0 Å². The summed E-state index contributed by atoms with van der Waals surface area (Å²) in [5.74, 6) is 1.07. The van der Waals surface area contributed by atoms with Crippen LogP contribution < -0.4 is 10.5 Å². The highest BCUT2D eigenvalue weighted by Crippen LogP contribution is 2.23. The summed E-state index contributed by atoms with van der Waals surface area (Å²) in [4.78, 5) is 12.6. The van der Waals surface area contributed by atoms with Crippen LogP contribution in [-0.4, -0.2) is 21.1 Å². The quantitative estimate of drug-likeness (QED) is 0.711. The molecule has 0 aliphatic rings. The number of nitrogens with zero attached hydrogens (tertiary/aromatic N) is 3. The standard InChI is InChI=1S/C14H14N4O/c1-8(2)19-11-3-4-12-9(6-11)5-10-7-16-14(15)18-13(10)17-12/h3-8H,1-2H3,(H2,15,16,17,18). The molecule has 3 aromatic rings. The third kappa shape index (κ3) is 2.27. The lowest BCUT2D eigenvalue weighted by Gasteiger charge is -2.10. The van der Waals surface area contributed by atoms with Crippen LogP contribution in [0.4, 0.5) is 5.95 Å². The molecule has 19 heavy (non-hydrogen) atoms. The summed E-state index contributed by atoms with van der Waals surface area (Å²) in [6.07, 6.45) is 1.83. The molecule has 0 spiro atoms. The van der Waals surface area contributed by atoms with Gasteiger partial charge in [-0.3, -0.25) is 0 Å². The number of pyridine rings is 1. The zero-order valence-corrected chi connectivity index (χ0v) is 10.8. The van der Waals surface area contributed by atoms with Gasteiger partial charge in [0.15, 0.2) is 5.65 Å². The Bertz CT molecular complexity index is 755. The minimum absolute atomic E-state index is 0.147. The third-order valence-corrected chi connectivity index (χ3v) is 2.72. The van der Waals surface area contributed by atoms with E-state index in [9.17, 15) is 0 Å². The second-order valence-electron chi connectivity index (χ2n) is 4.65. The molecule has 0 saturated heterocycles. The number of anilines is 1. The molecule has 5 nitrogen and oxygen atoms in total. The normalized spacial score (nSPS) is 11.3. The SMILES string of the molecule is CC(C)Oc1ccc2nc3nc(N)ncc3cc2c1. The van der Waals surface area contributed by atoms with Gasteiger partial charge in [0, 0.05) is 17.0 Å². The Hall–Kier alpha value is -2.43. The molecule has 0 amide bonds. The van der Waals surface area contributed by atoms with Crippen molar-refractivity contribution in [2.24, 2.45) is 0 Å². The van der Waals surface area contributed by atoms with Crippen LogP contribution in [0.1, 0.15) is 13.8 Å². The summed E-state index contributed by atoms with van der Waals surface area (Å²) in [6, 6.07) is 7.79. The highest BCUT2D eigenvalue weighted by molar-refractivity contribution is 5.91. The van der Waals surface area contributed by atoms with E-state index in [2.05, 4.69) is 15.0 Å². The van der Waals surface area contributed by atoms with Gasteiger partial charge in [-0.05, 0) is 38.1 Å². The van der Waals surface area contributed by atoms with Crippen LogP contribution in [0.5, 0.6) is 5.75 Å². The lowest BCUT2D eigenvalue weighted by atomic mass is 10.2. The maximum atomic E-state index is 5.67. The fourth-order valence-corrected chi connectivity index (χ4v) is 1.96. The van der Waals surface area contributed by atoms with Gasteiger partial charge in [0.1, 0.15) is 5.75 Å². The van der Waals surface area contributed by atoms with E-state index in [-0.39, 0.29) is 12.1 Å². The summed E-state index contributed by atoms with van der Waals surface area (Å²) >= 11 is 0. The number of hydrogen-bond acceptors (Lipinski definition) is 5. The Morgan fingerprint density at radius 1 is 1.11 bits per heavy atom. The smallest absolute Gasteiger partial charge is 0.222 e. The van der Waals surface area contributed by atoms with Crippen molar-refractivity contribution in [3.63, 3.8) is 0 Å². The van der Waals surface area contributed by atoms with E-state index in [1.54, 1.807) is 6.20 Å². The average Bonchev–Trinajstić information content (AvgIpc) is 2.35. The van der Waals surface area contributed by atoms with Gasteiger partial charge >= 0.3 is 0 Å². The number of nitrogens with two attached hydrogens (primary N) is 1. The van der Waals surface area contributed by atoms with Gasteiger partial charge in [0.05, 0.1) is 11.6 Å². The van der Waals surface area contributed by atoms with E-state index in [1.165, 1.54) is 0 Å². The number of fused-ring (bicyclic) bond motifs is 2. The highest BCUT2D eigenvalue weighted by atomic mass is 16.5. The second-order valence-corrected chi connectivity index (χ2v) is 4.65. The van der Waals surface area contributed by atoms with Crippen molar-refractivity contribution in [2.75, 3.05) is 5.73 Å². The van der Waals surface area contributed by atoms with Crippen molar-refractivity contribution in [3.8, 4) is 5.75 Å². The van der Waals surface area contributed by atoms with Gasteiger partial charge in [0.25, 0.3) is 0 Å². The van der Waals surface area contributed by atoms with Gasteiger partial charge in [-0.15, -0.1) is 0 Å². The predicted octanol–water partition coefficient (Wildman–Crippen LogP) is 2.55. The molecule has 0 fully saturated rings. The van der Waals surface area contributed by atoms with Gasteiger partial charge in [-0.2, -0.15) is 4.98 Å². The Labute approximate surface area is 110 Å². The Morgan fingerprint density at radius 2 is 1.95 bits per heavy atom. The molecule has 0 bridgehead atoms. The van der Waals surface area contributed by atoms with E-state index in [1.807, 2.05) is 38.1 Å². The molecule has 5 heteroatoms. The summed E-state index contributed by atoms with van der Waals surface area (Å²) in [7, 11) is 0. The van der Waals surface area contributed by atoms with E-state index >= 15 is 0 Å². The van der Waals surface area contributed by atoms with Crippen LogP contribution >= 0.6 is 0 Å². The monoisotopic (exact) mass is 254 g/mol. The minimum atomic E-state index is 0.147. The zero-order chi connectivity index (χ0) is 13.4. The van der Waals surface area contributed by atoms with Crippen LogP contribution in [0.15, 0.2) is 30.5 Å². The molecule has 0 aliphatic heterocycles. The Balaban J connectivity index is 2.17. The van der Waals surface area contributed by atoms with Crippen LogP contribution in [0.25, 0.3) is 21.9 Å². The summed E-state index contributed by atoms with van der Waals surface area (Å²) < 4.78 is 5.67. The fourth-order valence-electron chi connectivity index (χ4n) is 1.96. The van der Waals surface area contributed by atoms with Crippen LogP contribution in [-0.2, 0) is 0 Å². The number of ether oxygens (including phenoxy) is 1. The number of benzene rings is 1. The van der Waals surface area contributed by atoms with Crippen molar-refractivity contribution in [2.45, 2.75) is 20.0 Å². The van der Waals surface area contributed by atoms with Gasteiger partial charge < -0.3 is 10.5 Å². The van der Waals surface area contributed by atoms with Crippen molar-refractivity contribution in [3.05, 3.63) is 30.5 Å². The van der Waals surface area contributed by atoms with E-state index < -0.39 is 0 Å². The molecule has 2 aromatic heterocycles. The average molecular weight is 254 g/mol. The lowest BCUT2D eigenvalue weighted by molar-refractivity contribution is 0.243. The molecular weight excluding hydrogens is 240 g/mol. The molecular formula is C14H14N4O. The highest BCUT2D eigenvalue weighted by Gasteiger charge is 2.04. The number of aromatic nitrogens is 3. The maximum absolute atomic E-state index is 5.67. The first-order valence-corrected chi connectivity index (χ1v) is 6.11.